The molecule has 0 saturated carbocycles. The van der Waals surface area contributed by atoms with Crippen molar-refractivity contribution in [1.82, 2.24) is 5.32 Å². The summed E-state index contributed by atoms with van der Waals surface area (Å²) < 4.78 is 25.4. The van der Waals surface area contributed by atoms with Gasteiger partial charge in [0.2, 0.25) is 0 Å². The van der Waals surface area contributed by atoms with Gasteiger partial charge in [0.25, 0.3) is 0 Å². The van der Waals surface area contributed by atoms with Gasteiger partial charge in [-0.1, -0.05) is 59.1 Å². The summed E-state index contributed by atoms with van der Waals surface area (Å²) >= 11 is 18.5. The molecule has 1 N–H and O–H groups in total. The van der Waals surface area contributed by atoms with Gasteiger partial charge in [-0.3, -0.25) is 0 Å². The second-order valence-electron chi connectivity index (χ2n) is 6.89. The number of ether oxygens (including phenoxy) is 2. The lowest BCUT2D eigenvalue weighted by molar-refractivity contribution is 0.269. The molecule has 0 fully saturated rings. The Labute approximate surface area is 197 Å². The second-order valence-corrected chi connectivity index (χ2v) is 8.11. The normalized spacial score (nSPS) is 10.9. The molecule has 0 spiro atoms. The zero-order valence-corrected chi connectivity index (χ0v) is 19.3. The Morgan fingerprint density at radius 3 is 2.39 bits per heavy atom. The molecule has 3 aromatic rings. The van der Waals surface area contributed by atoms with Gasteiger partial charge in [0, 0.05) is 6.54 Å². The van der Waals surface area contributed by atoms with Gasteiger partial charge in [0.05, 0.1) is 21.7 Å². The van der Waals surface area contributed by atoms with Crippen LogP contribution in [0.25, 0.3) is 0 Å². The van der Waals surface area contributed by atoms with Gasteiger partial charge < -0.3 is 14.8 Å². The number of hydrogen-bond acceptors (Lipinski definition) is 3. The molecule has 7 heteroatoms. The summed E-state index contributed by atoms with van der Waals surface area (Å²) in [6.45, 7) is 3.86. The quantitative estimate of drug-likeness (QED) is 0.313. The number of hydrogen-bond donors (Lipinski definition) is 1. The van der Waals surface area contributed by atoms with Crippen molar-refractivity contribution in [3.8, 4) is 11.5 Å². The molecule has 0 radical (unpaired) electrons. The highest BCUT2D eigenvalue weighted by atomic mass is 35.5. The van der Waals surface area contributed by atoms with E-state index in [-0.39, 0.29) is 12.4 Å². The van der Waals surface area contributed by atoms with Crippen molar-refractivity contribution in [3.05, 3.63) is 92.2 Å². The van der Waals surface area contributed by atoms with Gasteiger partial charge in [-0.05, 0) is 66.9 Å². The van der Waals surface area contributed by atoms with Crippen LogP contribution >= 0.6 is 34.8 Å². The maximum Gasteiger partial charge on any atom is 0.180 e. The molecule has 0 aliphatic carbocycles. The van der Waals surface area contributed by atoms with Crippen molar-refractivity contribution in [2.75, 3.05) is 13.2 Å². The van der Waals surface area contributed by atoms with Gasteiger partial charge in [0.15, 0.2) is 11.5 Å². The molecule has 0 saturated heterocycles. The maximum absolute atomic E-state index is 13.7. The van der Waals surface area contributed by atoms with Crippen molar-refractivity contribution >= 4 is 34.8 Å². The number of halogens is 4. The predicted octanol–water partition coefficient (Wildman–Crippen LogP) is 7.10. The Bertz CT molecular complexity index is 1030. The van der Waals surface area contributed by atoms with Gasteiger partial charge >= 0.3 is 0 Å². The topological polar surface area (TPSA) is 30.5 Å². The summed E-state index contributed by atoms with van der Waals surface area (Å²) in [5.41, 5.74) is 2.50. The molecular formula is C24H23Cl3FNO2. The van der Waals surface area contributed by atoms with Crippen LogP contribution in [0.3, 0.4) is 0 Å². The highest BCUT2D eigenvalue weighted by molar-refractivity contribution is 6.42. The number of nitrogens with one attached hydrogen (secondary N) is 1. The molecule has 0 aliphatic rings. The molecule has 31 heavy (non-hydrogen) atoms. The molecule has 3 aromatic carbocycles. The molecule has 0 bridgehead atoms. The van der Waals surface area contributed by atoms with Gasteiger partial charge in [-0.2, -0.15) is 0 Å². The van der Waals surface area contributed by atoms with E-state index in [1.165, 1.54) is 6.07 Å². The molecular weight excluding hydrogens is 460 g/mol. The Morgan fingerprint density at radius 2 is 1.65 bits per heavy atom. The molecule has 0 heterocycles. The molecule has 0 amide bonds. The molecule has 3 rings (SSSR count). The first kappa shape index (κ1) is 23.7. The SMILES string of the molecule is CCOc1cc(CNCCc2ccccc2F)cc(Cl)c1OCc1ccc(Cl)c(Cl)c1. The van der Waals surface area contributed by atoms with Crippen molar-refractivity contribution < 1.29 is 13.9 Å². The number of rotatable bonds is 10. The van der Waals surface area contributed by atoms with E-state index in [9.17, 15) is 4.39 Å². The van der Waals surface area contributed by atoms with Crippen molar-refractivity contribution in [3.63, 3.8) is 0 Å². The summed E-state index contributed by atoms with van der Waals surface area (Å²) in [7, 11) is 0. The molecule has 0 atom stereocenters. The zero-order chi connectivity index (χ0) is 22.2. The average molecular weight is 483 g/mol. The van der Waals surface area contributed by atoms with Crippen LogP contribution in [0.1, 0.15) is 23.6 Å². The van der Waals surface area contributed by atoms with E-state index in [4.69, 9.17) is 44.3 Å². The fourth-order valence-corrected chi connectivity index (χ4v) is 3.68. The van der Waals surface area contributed by atoms with Gasteiger partial charge in [-0.15, -0.1) is 0 Å². The third-order valence-corrected chi connectivity index (χ3v) is 5.61. The van der Waals surface area contributed by atoms with E-state index in [2.05, 4.69) is 5.32 Å². The van der Waals surface area contributed by atoms with Gasteiger partial charge in [-0.25, -0.2) is 4.39 Å². The minimum absolute atomic E-state index is 0.186. The van der Waals surface area contributed by atoms with Crippen LogP contribution in [0, 0.1) is 5.82 Å². The lowest BCUT2D eigenvalue weighted by atomic mass is 10.1. The minimum atomic E-state index is -0.186. The Kier molecular flexibility index (Phi) is 8.85. The van der Waals surface area contributed by atoms with Crippen LogP contribution in [-0.2, 0) is 19.6 Å². The smallest absolute Gasteiger partial charge is 0.180 e. The van der Waals surface area contributed by atoms with Crippen LogP contribution < -0.4 is 14.8 Å². The van der Waals surface area contributed by atoms with Crippen LogP contribution in [0.2, 0.25) is 15.1 Å². The van der Waals surface area contributed by atoms with Crippen molar-refractivity contribution in [1.29, 1.82) is 0 Å². The Hall–Kier alpha value is -1.98. The first-order valence-corrected chi connectivity index (χ1v) is 11.1. The Morgan fingerprint density at radius 1 is 0.871 bits per heavy atom. The summed E-state index contributed by atoms with van der Waals surface area (Å²) in [6.07, 6.45) is 0.601. The van der Waals surface area contributed by atoms with Gasteiger partial charge in [0.1, 0.15) is 12.4 Å². The molecule has 3 nitrogen and oxygen atoms in total. The average Bonchev–Trinajstić information content (AvgIpc) is 2.74. The Balaban J connectivity index is 1.63. The van der Waals surface area contributed by atoms with E-state index in [0.29, 0.717) is 58.2 Å². The molecule has 0 aromatic heterocycles. The molecule has 0 aliphatic heterocycles. The predicted molar refractivity (Wildman–Crippen MR) is 125 cm³/mol. The first-order valence-electron chi connectivity index (χ1n) is 9.94. The molecule has 164 valence electrons. The summed E-state index contributed by atoms with van der Waals surface area (Å²) in [4.78, 5) is 0. The summed E-state index contributed by atoms with van der Waals surface area (Å²) in [5.74, 6) is 0.861. The maximum atomic E-state index is 13.7. The third-order valence-electron chi connectivity index (χ3n) is 4.59. The van der Waals surface area contributed by atoms with Crippen molar-refractivity contribution in [2.45, 2.75) is 26.5 Å². The van der Waals surface area contributed by atoms with E-state index < -0.39 is 0 Å². The van der Waals surface area contributed by atoms with Crippen LogP contribution in [0.4, 0.5) is 4.39 Å². The fraction of sp³-hybridized carbons (Fsp3) is 0.250. The van der Waals surface area contributed by atoms with E-state index in [1.54, 1.807) is 24.3 Å². The van der Waals surface area contributed by atoms with Crippen LogP contribution in [0.5, 0.6) is 11.5 Å². The van der Waals surface area contributed by atoms with Crippen LogP contribution in [-0.4, -0.2) is 13.2 Å². The fourth-order valence-electron chi connectivity index (χ4n) is 3.07. The number of benzene rings is 3. The van der Waals surface area contributed by atoms with E-state index in [1.807, 2.05) is 31.2 Å². The van der Waals surface area contributed by atoms with Crippen LogP contribution in [0.15, 0.2) is 54.6 Å². The third kappa shape index (κ3) is 6.75. The second kappa shape index (κ2) is 11.6. The molecule has 0 unspecified atom stereocenters. The zero-order valence-electron chi connectivity index (χ0n) is 17.1. The van der Waals surface area contributed by atoms with E-state index in [0.717, 1.165) is 11.1 Å². The lowest BCUT2D eigenvalue weighted by Gasteiger charge is -2.16. The summed E-state index contributed by atoms with van der Waals surface area (Å²) in [5, 5.41) is 4.73. The highest BCUT2D eigenvalue weighted by Gasteiger charge is 2.13. The van der Waals surface area contributed by atoms with Crippen molar-refractivity contribution in [2.24, 2.45) is 0 Å². The van der Waals surface area contributed by atoms with E-state index >= 15 is 0 Å². The summed E-state index contributed by atoms with van der Waals surface area (Å²) in [6, 6.07) is 15.9. The monoisotopic (exact) mass is 481 g/mol. The standard InChI is InChI=1S/C24H23Cl3FNO2/c1-2-30-23-13-17(14-29-10-9-18-5-3-4-6-22(18)28)12-21(27)24(23)31-15-16-7-8-19(25)20(26)11-16/h3-8,11-13,29H,2,9-10,14-15H2,1H3. The minimum Gasteiger partial charge on any atom is -0.490 e. The highest BCUT2D eigenvalue weighted by Crippen LogP contribution is 2.37. The lowest BCUT2D eigenvalue weighted by Crippen LogP contribution is -2.17. The largest absolute Gasteiger partial charge is 0.490 e. The first-order chi connectivity index (χ1) is 15.0.